The minimum Gasteiger partial charge on any atom is -0.461 e. The average molecular weight is 502 g/mol. The van der Waals surface area contributed by atoms with E-state index in [0.29, 0.717) is 41.3 Å². The van der Waals surface area contributed by atoms with Crippen molar-refractivity contribution in [3.8, 4) is 11.3 Å². The Kier molecular flexibility index (Phi) is 7.23. The van der Waals surface area contributed by atoms with Gasteiger partial charge in [0.25, 0.3) is 5.91 Å². The molecular formula is C28H28FN5O3. The maximum Gasteiger partial charge on any atom is 0.358 e. The van der Waals surface area contributed by atoms with E-state index in [9.17, 15) is 14.0 Å². The van der Waals surface area contributed by atoms with Gasteiger partial charge in [-0.25, -0.2) is 14.2 Å². The summed E-state index contributed by atoms with van der Waals surface area (Å²) < 4.78 is 20.5. The quantitative estimate of drug-likeness (QED) is 0.384. The molecule has 1 fully saturated rings. The highest BCUT2D eigenvalue weighted by molar-refractivity contribution is 5.94. The van der Waals surface area contributed by atoms with Crippen molar-refractivity contribution in [2.45, 2.75) is 32.4 Å². The van der Waals surface area contributed by atoms with Gasteiger partial charge in [-0.15, -0.1) is 0 Å². The molecule has 9 heteroatoms. The highest BCUT2D eigenvalue weighted by Crippen LogP contribution is 2.19. The molecule has 5 rings (SSSR count). The average Bonchev–Trinajstić information content (AvgIpc) is 3.36. The first-order valence-electron chi connectivity index (χ1n) is 12.4. The number of pyridine rings is 2. The normalized spacial score (nSPS) is 14.5. The summed E-state index contributed by atoms with van der Waals surface area (Å²) in [4.78, 5) is 35.9. The molecule has 1 aromatic carbocycles. The smallest absolute Gasteiger partial charge is 0.358 e. The van der Waals surface area contributed by atoms with Crippen LogP contribution in [-0.2, 0) is 11.3 Å². The topological polar surface area (TPSA) is 88.8 Å². The molecule has 1 N–H and O–H groups in total. The fourth-order valence-electron chi connectivity index (χ4n) is 4.58. The minimum atomic E-state index is -0.424. The van der Waals surface area contributed by atoms with Gasteiger partial charge in [-0.3, -0.25) is 14.7 Å². The Morgan fingerprint density at radius 3 is 2.65 bits per heavy atom. The second-order valence-electron chi connectivity index (χ2n) is 9.06. The van der Waals surface area contributed by atoms with Crippen molar-refractivity contribution in [1.82, 2.24) is 24.6 Å². The first kappa shape index (κ1) is 24.6. The van der Waals surface area contributed by atoms with Crippen molar-refractivity contribution in [1.29, 1.82) is 0 Å². The van der Waals surface area contributed by atoms with Crippen molar-refractivity contribution in [2.24, 2.45) is 0 Å². The molecule has 0 spiro atoms. The maximum atomic E-state index is 13.5. The lowest BCUT2D eigenvalue weighted by Crippen LogP contribution is -2.44. The molecule has 1 amide bonds. The lowest BCUT2D eigenvalue weighted by atomic mass is 10.0. The van der Waals surface area contributed by atoms with E-state index >= 15 is 0 Å². The molecule has 0 aliphatic carbocycles. The molecule has 1 saturated heterocycles. The number of halogens is 1. The van der Waals surface area contributed by atoms with E-state index in [4.69, 9.17) is 4.74 Å². The first-order valence-corrected chi connectivity index (χ1v) is 12.4. The lowest BCUT2D eigenvalue weighted by molar-refractivity contribution is 0.0520. The van der Waals surface area contributed by atoms with Crippen molar-refractivity contribution in [3.05, 3.63) is 89.8 Å². The Hall–Kier alpha value is -4.11. The third kappa shape index (κ3) is 5.67. The van der Waals surface area contributed by atoms with Gasteiger partial charge >= 0.3 is 5.97 Å². The van der Waals surface area contributed by atoms with Gasteiger partial charge in [-0.1, -0.05) is 18.2 Å². The van der Waals surface area contributed by atoms with E-state index in [0.717, 1.165) is 31.6 Å². The Morgan fingerprint density at radius 2 is 1.92 bits per heavy atom. The van der Waals surface area contributed by atoms with Crippen molar-refractivity contribution in [3.63, 3.8) is 0 Å². The van der Waals surface area contributed by atoms with Crippen LogP contribution in [0.3, 0.4) is 0 Å². The molecule has 3 aromatic heterocycles. The van der Waals surface area contributed by atoms with Gasteiger partial charge in [0, 0.05) is 49.3 Å². The predicted molar refractivity (Wildman–Crippen MR) is 137 cm³/mol. The largest absolute Gasteiger partial charge is 0.461 e. The molecule has 1 aliphatic heterocycles. The van der Waals surface area contributed by atoms with E-state index in [2.05, 4.69) is 20.2 Å². The Morgan fingerprint density at radius 1 is 1.11 bits per heavy atom. The highest BCUT2D eigenvalue weighted by atomic mass is 19.1. The number of aromatic nitrogens is 3. The number of ether oxygens (including phenoxy) is 1. The summed E-state index contributed by atoms with van der Waals surface area (Å²) >= 11 is 0. The molecule has 0 saturated carbocycles. The summed E-state index contributed by atoms with van der Waals surface area (Å²) in [7, 11) is 0. The number of hydrogen-bond donors (Lipinski definition) is 1. The van der Waals surface area contributed by atoms with Crippen LogP contribution in [0.25, 0.3) is 16.9 Å². The van der Waals surface area contributed by atoms with Crippen LogP contribution in [0.2, 0.25) is 0 Å². The maximum absolute atomic E-state index is 13.5. The van der Waals surface area contributed by atoms with Gasteiger partial charge in [0.2, 0.25) is 0 Å². The van der Waals surface area contributed by atoms with Gasteiger partial charge in [0.1, 0.15) is 11.5 Å². The summed E-state index contributed by atoms with van der Waals surface area (Å²) in [5.41, 5.74) is 3.81. The molecule has 190 valence electrons. The Bertz CT molecular complexity index is 1410. The summed E-state index contributed by atoms with van der Waals surface area (Å²) in [6, 6.07) is 15.6. The summed E-state index contributed by atoms with van der Waals surface area (Å²) in [5, 5.41) is 3.11. The first-order chi connectivity index (χ1) is 18.0. The predicted octanol–water partition coefficient (Wildman–Crippen LogP) is 4.11. The number of imidazole rings is 1. The van der Waals surface area contributed by atoms with Gasteiger partial charge in [0.15, 0.2) is 5.69 Å². The number of benzene rings is 1. The number of carbonyl (C=O) groups is 2. The van der Waals surface area contributed by atoms with Crippen LogP contribution >= 0.6 is 0 Å². The fourth-order valence-corrected chi connectivity index (χ4v) is 4.58. The van der Waals surface area contributed by atoms with E-state index in [1.807, 2.05) is 22.6 Å². The monoisotopic (exact) mass is 501 g/mol. The van der Waals surface area contributed by atoms with Gasteiger partial charge in [-0.2, -0.15) is 0 Å². The standard InChI is InChI=1S/C28H28FN5O3/c1-2-37-28(36)25-18-34-23(7-4-8-26(34)32-25)17-33-13-11-22(12-14-33)31-27(35)20-9-10-24(30-16-20)19-5-3-6-21(29)15-19/h3-10,15-16,18,22H,2,11-14,17H2,1H3,(H,31,35). The molecule has 8 nitrogen and oxygen atoms in total. The number of hydrogen-bond acceptors (Lipinski definition) is 6. The number of rotatable bonds is 7. The zero-order valence-corrected chi connectivity index (χ0v) is 20.6. The summed E-state index contributed by atoms with van der Waals surface area (Å²) in [5.74, 6) is -0.908. The zero-order chi connectivity index (χ0) is 25.8. The second-order valence-corrected chi connectivity index (χ2v) is 9.06. The van der Waals surface area contributed by atoms with Crippen molar-refractivity contribution in [2.75, 3.05) is 19.7 Å². The van der Waals surface area contributed by atoms with Crippen LogP contribution in [0.4, 0.5) is 4.39 Å². The van der Waals surface area contributed by atoms with Crippen LogP contribution in [0.15, 0.2) is 67.0 Å². The Labute approximate surface area is 214 Å². The molecule has 4 aromatic rings. The fraction of sp³-hybridized carbons (Fsp3) is 0.286. The van der Waals surface area contributed by atoms with E-state index in [-0.39, 0.29) is 17.8 Å². The number of fused-ring (bicyclic) bond motifs is 1. The molecule has 4 heterocycles. The van der Waals surface area contributed by atoms with Gasteiger partial charge < -0.3 is 14.5 Å². The van der Waals surface area contributed by atoms with Crippen LogP contribution in [-0.4, -0.2) is 56.9 Å². The van der Waals surface area contributed by atoms with E-state index in [1.54, 1.807) is 37.4 Å². The highest BCUT2D eigenvalue weighted by Gasteiger charge is 2.22. The SMILES string of the molecule is CCOC(=O)c1cn2c(CN3CCC(NC(=O)c4ccc(-c5cccc(F)c5)nc4)CC3)cccc2n1. The molecule has 1 aliphatic rings. The van der Waals surface area contributed by atoms with Crippen LogP contribution < -0.4 is 5.32 Å². The lowest BCUT2D eigenvalue weighted by Gasteiger charge is -2.32. The third-order valence-corrected chi connectivity index (χ3v) is 6.52. The molecular weight excluding hydrogens is 473 g/mol. The van der Waals surface area contributed by atoms with Crippen LogP contribution in [0.1, 0.15) is 46.3 Å². The van der Waals surface area contributed by atoms with Crippen LogP contribution in [0.5, 0.6) is 0 Å². The number of piperidine rings is 1. The molecule has 0 radical (unpaired) electrons. The Balaban J connectivity index is 1.16. The van der Waals surface area contributed by atoms with Gasteiger partial charge in [-0.05, 0) is 56.2 Å². The molecule has 0 bridgehead atoms. The minimum absolute atomic E-state index is 0.0751. The number of nitrogens with one attached hydrogen (secondary N) is 1. The third-order valence-electron chi connectivity index (χ3n) is 6.52. The van der Waals surface area contributed by atoms with Crippen molar-refractivity contribution < 1.29 is 18.7 Å². The molecule has 37 heavy (non-hydrogen) atoms. The number of likely N-dealkylation sites (tertiary alicyclic amines) is 1. The number of amides is 1. The molecule has 0 atom stereocenters. The van der Waals surface area contributed by atoms with Crippen molar-refractivity contribution >= 4 is 17.5 Å². The zero-order valence-electron chi connectivity index (χ0n) is 20.6. The molecule has 0 unspecified atom stereocenters. The summed E-state index contributed by atoms with van der Waals surface area (Å²) in [6.07, 6.45) is 4.91. The number of esters is 1. The van der Waals surface area contributed by atoms with E-state index < -0.39 is 5.97 Å². The number of carbonyl (C=O) groups excluding carboxylic acids is 2. The second kappa shape index (κ2) is 10.9. The van der Waals surface area contributed by atoms with E-state index in [1.165, 1.54) is 18.3 Å². The van der Waals surface area contributed by atoms with Crippen LogP contribution in [0, 0.1) is 5.82 Å². The summed E-state index contributed by atoms with van der Waals surface area (Å²) in [6.45, 7) is 4.45. The number of nitrogens with zero attached hydrogens (tertiary/aromatic N) is 4. The van der Waals surface area contributed by atoms with Gasteiger partial charge in [0.05, 0.1) is 17.9 Å².